The standard InChI is InChI=1S/C10H12N2O3S/c1-7-5-4-6-9(16(13,14)15)10(7)8(2)12-11-3/h4-6H,1H2,2-3H3,(H,13,14,15)/b10-8-,12-11?. The van der Waals surface area contributed by atoms with Gasteiger partial charge >= 0.3 is 0 Å². The molecule has 86 valence electrons. The molecule has 1 aromatic rings. The molecular formula is C10H12N2O3S. The number of rotatable bonds is 2. The van der Waals surface area contributed by atoms with Crippen LogP contribution in [0.2, 0.25) is 0 Å². The number of nitrogens with zero attached hydrogens (tertiary/aromatic N) is 2. The first-order chi connectivity index (χ1) is 7.38. The summed E-state index contributed by atoms with van der Waals surface area (Å²) in [6.45, 7) is 5.30. The minimum Gasteiger partial charge on any atom is -0.282 e. The van der Waals surface area contributed by atoms with Gasteiger partial charge in [0.25, 0.3) is 10.1 Å². The van der Waals surface area contributed by atoms with Gasteiger partial charge in [-0.3, -0.25) is 4.55 Å². The third-order valence-corrected chi connectivity index (χ3v) is 2.90. The summed E-state index contributed by atoms with van der Waals surface area (Å²) in [6, 6.07) is 4.44. The highest BCUT2D eigenvalue weighted by Crippen LogP contribution is 2.02. The molecule has 0 unspecified atom stereocenters. The second-order valence-corrected chi connectivity index (χ2v) is 4.54. The Morgan fingerprint density at radius 3 is 2.56 bits per heavy atom. The Labute approximate surface area is 93.6 Å². The lowest BCUT2D eigenvalue weighted by atomic mass is 10.2. The molecule has 0 aliphatic rings. The summed E-state index contributed by atoms with van der Waals surface area (Å²) in [5.41, 5.74) is 0.390. The lowest BCUT2D eigenvalue weighted by Gasteiger charge is -2.00. The fourth-order valence-corrected chi connectivity index (χ4v) is 2.19. The summed E-state index contributed by atoms with van der Waals surface area (Å²) < 4.78 is 31.4. The molecule has 1 rings (SSSR count). The van der Waals surface area contributed by atoms with Gasteiger partial charge in [-0.2, -0.15) is 18.6 Å². The maximum Gasteiger partial charge on any atom is 0.295 e. The van der Waals surface area contributed by atoms with Crippen molar-refractivity contribution in [2.45, 2.75) is 11.8 Å². The van der Waals surface area contributed by atoms with E-state index in [1.165, 1.54) is 19.2 Å². The van der Waals surface area contributed by atoms with Crippen LogP contribution in [-0.2, 0) is 10.1 Å². The summed E-state index contributed by atoms with van der Waals surface area (Å²) in [6.07, 6.45) is 0. The zero-order chi connectivity index (χ0) is 12.3. The SMILES string of the molecule is C=c1cccc(S(=O)(=O)O)/c1=C(/C)N=NC. The molecule has 0 aliphatic heterocycles. The Morgan fingerprint density at radius 2 is 2.06 bits per heavy atom. The second kappa shape index (κ2) is 4.54. The van der Waals surface area contributed by atoms with Gasteiger partial charge < -0.3 is 0 Å². The van der Waals surface area contributed by atoms with Gasteiger partial charge in [-0.25, -0.2) is 0 Å². The van der Waals surface area contributed by atoms with Gasteiger partial charge in [0.15, 0.2) is 0 Å². The predicted molar refractivity (Wildman–Crippen MR) is 60.9 cm³/mol. The molecule has 16 heavy (non-hydrogen) atoms. The minimum absolute atomic E-state index is 0.204. The van der Waals surface area contributed by atoms with Gasteiger partial charge in [-0.05, 0) is 18.2 Å². The van der Waals surface area contributed by atoms with Crippen LogP contribution in [0.5, 0.6) is 0 Å². The fraction of sp³-hybridized carbons (Fsp3) is 0.200. The van der Waals surface area contributed by atoms with Crippen molar-refractivity contribution in [1.29, 1.82) is 0 Å². The van der Waals surface area contributed by atoms with Gasteiger partial charge in [0.05, 0.1) is 5.70 Å². The lowest BCUT2D eigenvalue weighted by Crippen LogP contribution is -2.30. The van der Waals surface area contributed by atoms with E-state index in [1.54, 1.807) is 13.0 Å². The van der Waals surface area contributed by atoms with Crippen LogP contribution in [-0.4, -0.2) is 20.0 Å². The summed E-state index contributed by atoms with van der Waals surface area (Å²) >= 11 is 0. The first kappa shape index (κ1) is 12.5. The highest BCUT2D eigenvalue weighted by atomic mass is 32.2. The van der Waals surface area contributed by atoms with Crippen LogP contribution in [0.15, 0.2) is 33.3 Å². The largest absolute Gasteiger partial charge is 0.295 e. The molecule has 0 aliphatic carbocycles. The molecule has 0 bridgehead atoms. The number of hydrogen-bond donors (Lipinski definition) is 1. The predicted octanol–water partition coefficient (Wildman–Crippen LogP) is 0.554. The molecule has 0 saturated heterocycles. The van der Waals surface area contributed by atoms with Crippen molar-refractivity contribution in [3.05, 3.63) is 28.6 Å². The number of hydrogen-bond acceptors (Lipinski definition) is 4. The molecule has 0 spiro atoms. The van der Waals surface area contributed by atoms with Crippen LogP contribution in [0.1, 0.15) is 6.92 Å². The van der Waals surface area contributed by atoms with Gasteiger partial charge in [0.1, 0.15) is 4.90 Å². The molecule has 0 heterocycles. The van der Waals surface area contributed by atoms with E-state index in [9.17, 15) is 8.42 Å². The molecular weight excluding hydrogens is 228 g/mol. The summed E-state index contributed by atoms with van der Waals surface area (Å²) in [5, 5.41) is 8.08. The quantitative estimate of drug-likeness (QED) is 0.605. The van der Waals surface area contributed by atoms with E-state index in [1.807, 2.05) is 0 Å². The Morgan fingerprint density at radius 1 is 1.44 bits per heavy atom. The monoisotopic (exact) mass is 240 g/mol. The molecule has 5 nitrogen and oxygen atoms in total. The van der Waals surface area contributed by atoms with Crippen molar-refractivity contribution in [3.8, 4) is 0 Å². The van der Waals surface area contributed by atoms with Gasteiger partial charge in [0.2, 0.25) is 0 Å². The molecule has 1 N–H and O–H groups in total. The van der Waals surface area contributed by atoms with Crippen LogP contribution < -0.4 is 10.4 Å². The smallest absolute Gasteiger partial charge is 0.282 e. The summed E-state index contributed by atoms with van der Waals surface area (Å²) in [4.78, 5) is -0.204. The average molecular weight is 240 g/mol. The van der Waals surface area contributed by atoms with Crippen LogP contribution in [0.3, 0.4) is 0 Å². The maximum atomic E-state index is 11.2. The van der Waals surface area contributed by atoms with Crippen molar-refractivity contribution >= 4 is 22.4 Å². The van der Waals surface area contributed by atoms with Crippen LogP contribution >= 0.6 is 0 Å². The molecule has 0 aromatic heterocycles. The Balaban J connectivity index is 3.89. The van der Waals surface area contributed by atoms with Crippen LogP contribution in [0, 0.1) is 0 Å². The molecule has 0 fully saturated rings. The van der Waals surface area contributed by atoms with Crippen molar-refractivity contribution in [3.63, 3.8) is 0 Å². The average Bonchev–Trinajstić information content (AvgIpc) is 2.16. The first-order valence-electron chi connectivity index (χ1n) is 4.44. The third-order valence-electron chi connectivity index (χ3n) is 2.00. The molecule has 0 amide bonds. The van der Waals surface area contributed by atoms with E-state index < -0.39 is 10.1 Å². The highest BCUT2D eigenvalue weighted by Gasteiger charge is 2.12. The van der Waals surface area contributed by atoms with E-state index in [0.29, 0.717) is 10.9 Å². The Hall–Kier alpha value is -1.53. The summed E-state index contributed by atoms with van der Waals surface area (Å²) in [7, 11) is -2.81. The van der Waals surface area contributed by atoms with Crippen molar-refractivity contribution in [2.24, 2.45) is 10.2 Å². The van der Waals surface area contributed by atoms with E-state index in [-0.39, 0.29) is 10.1 Å². The van der Waals surface area contributed by atoms with Crippen molar-refractivity contribution in [2.75, 3.05) is 7.05 Å². The molecule has 1 aromatic carbocycles. The number of azo groups is 1. The normalized spacial score (nSPS) is 14.2. The van der Waals surface area contributed by atoms with E-state index in [2.05, 4.69) is 16.8 Å². The first-order valence-corrected chi connectivity index (χ1v) is 5.88. The summed E-state index contributed by atoms with van der Waals surface area (Å²) in [5.74, 6) is 0. The topological polar surface area (TPSA) is 79.1 Å². The van der Waals surface area contributed by atoms with E-state index in [0.717, 1.165) is 0 Å². The second-order valence-electron chi connectivity index (χ2n) is 3.15. The van der Waals surface area contributed by atoms with Crippen LogP contribution in [0.4, 0.5) is 0 Å². The van der Waals surface area contributed by atoms with Crippen LogP contribution in [0.25, 0.3) is 12.3 Å². The van der Waals surface area contributed by atoms with Gasteiger partial charge in [0, 0.05) is 12.3 Å². The Bertz CT molecular complexity index is 633. The van der Waals surface area contributed by atoms with Gasteiger partial charge in [-0.15, -0.1) is 0 Å². The lowest BCUT2D eigenvalue weighted by molar-refractivity contribution is 0.482. The molecule has 0 atom stereocenters. The van der Waals surface area contributed by atoms with E-state index in [4.69, 9.17) is 4.55 Å². The minimum atomic E-state index is -4.28. The maximum absolute atomic E-state index is 11.2. The third kappa shape index (κ3) is 2.53. The molecule has 6 heteroatoms. The molecule has 0 radical (unpaired) electrons. The Kier molecular flexibility index (Phi) is 3.56. The molecule has 0 saturated carbocycles. The van der Waals surface area contributed by atoms with Gasteiger partial charge in [-0.1, -0.05) is 18.7 Å². The van der Waals surface area contributed by atoms with Crippen molar-refractivity contribution in [1.82, 2.24) is 0 Å². The number of benzene rings is 1. The van der Waals surface area contributed by atoms with Crippen molar-refractivity contribution < 1.29 is 13.0 Å². The fourth-order valence-electron chi connectivity index (χ4n) is 1.40. The zero-order valence-electron chi connectivity index (χ0n) is 9.01. The highest BCUT2D eigenvalue weighted by molar-refractivity contribution is 7.85. The van der Waals surface area contributed by atoms with E-state index >= 15 is 0 Å². The zero-order valence-corrected chi connectivity index (χ0v) is 9.82.